The first-order valence-corrected chi connectivity index (χ1v) is 6.43. The second-order valence-electron chi connectivity index (χ2n) is 6.23. The number of hydrogen-bond acceptors (Lipinski definition) is 2. The highest BCUT2D eigenvalue weighted by Crippen LogP contribution is 2.49. The van der Waals surface area contributed by atoms with Crippen LogP contribution >= 0.6 is 0 Å². The van der Waals surface area contributed by atoms with Crippen molar-refractivity contribution in [3.8, 4) is 0 Å². The van der Waals surface area contributed by atoms with Crippen LogP contribution in [0.2, 0.25) is 0 Å². The van der Waals surface area contributed by atoms with Crippen LogP contribution < -0.4 is 5.32 Å². The first-order valence-electron chi connectivity index (χ1n) is 6.43. The number of amides is 1. The Morgan fingerprint density at radius 3 is 2.62 bits per heavy atom. The van der Waals surface area contributed by atoms with Crippen molar-refractivity contribution in [3.63, 3.8) is 0 Å². The summed E-state index contributed by atoms with van der Waals surface area (Å²) in [6.07, 6.45) is 5.97. The number of fused-ring (bicyclic) bond motifs is 2. The Bertz CT molecular complexity index is 270. The normalized spacial score (nSPS) is 33.1. The summed E-state index contributed by atoms with van der Waals surface area (Å²) >= 11 is 0. The van der Waals surface area contributed by atoms with Crippen molar-refractivity contribution >= 4 is 5.91 Å². The lowest BCUT2D eigenvalue weighted by Gasteiger charge is -2.22. The molecule has 2 saturated carbocycles. The molecular weight excluding hydrogens is 202 g/mol. The Morgan fingerprint density at radius 2 is 2.12 bits per heavy atom. The number of carbonyl (C=O) groups excluding carboxylic acids is 1. The van der Waals surface area contributed by atoms with Crippen LogP contribution in [0, 0.1) is 17.8 Å². The van der Waals surface area contributed by atoms with Gasteiger partial charge in [-0.2, -0.15) is 0 Å². The van der Waals surface area contributed by atoms with Gasteiger partial charge in [-0.3, -0.25) is 4.79 Å². The number of carbonyl (C=O) groups is 1. The zero-order valence-corrected chi connectivity index (χ0v) is 10.3. The van der Waals surface area contributed by atoms with Gasteiger partial charge in [-0.1, -0.05) is 6.42 Å². The van der Waals surface area contributed by atoms with E-state index in [9.17, 15) is 9.90 Å². The fourth-order valence-electron chi connectivity index (χ4n) is 3.25. The van der Waals surface area contributed by atoms with E-state index in [2.05, 4.69) is 5.32 Å². The van der Waals surface area contributed by atoms with Crippen molar-refractivity contribution in [3.05, 3.63) is 0 Å². The third-order valence-electron chi connectivity index (χ3n) is 4.05. The van der Waals surface area contributed by atoms with Crippen LogP contribution in [0.15, 0.2) is 0 Å². The lowest BCUT2D eigenvalue weighted by atomic mass is 9.86. The van der Waals surface area contributed by atoms with Gasteiger partial charge in [0.25, 0.3) is 0 Å². The molecule has 2 aliphatic rings. The highest BCUT2D eigenvalue weighted by Gasteiger charge is 2.40. The molecule has 3 unspecified atom stereocenters. The second kappa shape index (κ2) is 4.36. The Morgan fingerprint density at radius 1 is 1.38 bits per heavy atom. The third-order valence-corrected chi connectivity index (χ3v) is 4.05. The van der Waals surface area contributed by atoms with Gasteiger partial charge in [-0.15, -0.1) is 0 Å². The van der Waals surface area contributed by atoms with Crippen molar-refractivity contribution < 1.29 is 9.90 Å². The molecule has 0 aromatic carbocycles. The maximum absolute atomic E-state index is 11.7. The summed E-state index contributed by atoms with van der Waals surface area (Å²) in [7, 11) is 0. The molecule has 16 heavy (non-hydrogen) atoms. The molecule has 2 rings (SSSR count). The Labute approximate surface area is 97.6 Å². The topological polar surface area (TPSA) is 49.3 Å². The molecule has 0 aromatic rings. The van der Waals surface area contributed by atoms with Gasteiger partial charge in [0.15, 0.2) is 0 Å². The summed E-state index contributed by atoms with van der Waals surface area (Å²) in [5.41, 5.74) is -0.801. The molecular formula is C13H23NO2. The molecule has 1 amide bonds. The zero-order valence-electron chi connectivity index (χ0n) is 10.3. The molecule has 0 spiro atoms. The molecule has 2 fully saturated rings. The average molecular weight is 225 g/mol. The zero-order chi connectivity index (χ0) is 11.8. The Hall–Kier alpha value is -0.570. The average Bonchev–Trinajstić information content (AvgIpc) is 2.75. The lowest BCUT2D eigenvalue weighted by molar-refractivity contribution is -0.123. The van der Waals surface area contributed by atoms with Gasteiger partial charge < -0.3 is 10.4 Å². The standard InChI is InChI=1S/C13H23NO2/c1-13(2,16)8-14-12(15)7-11-6-9-3-4-10(11)5-9/h9-11,16H,3-8H2,1-2H3,(H,14,15). The van der Waals surface area contributed by atoms with E-state index in [0.717, 1.165) is 11.8 Å². The fraction of sp³-hybridized carbons (Fsp3) is 0.923. The summed E-state index contributed by atoms with van der Waals surface area (Å²) in [4.78, 5) is 11.7. The van der Waals surface area contributed by atoms with E-state index in [1.807, 2.05) is 0 Å². The third kappa shape index (κ3) is 2.97. The number of nitrogens with one attached hydrogen (secondary N) is 1. The van der Waals surface area contributed by atoms with Crippen molar-refractivity contribution in [1.29, 1.82) is 0 Å². The minimum Gasteiger partial charge on any atom is -0.389 e. The van der Waals surface area contributed by atoms with Gasteiger partial charge in [0.2, 0.25) is 5.91 Å². The molecule has 3 atom stereocenters. The molecule has 92 valence electrons. The van der Waals surface area contributed by atoms with Crippen molar-refractivity contribution in [2.24, 2.45) is 17.8 Å². The van der Waals surface area contributed by atoms with Crippen LogP contribution in [-0.2, 0) is 4.79 Å². The lowest BCUT2D eigenvalue weighted by Crippen LogP contribution is -2.39. The summed E-state index contributed by atoms with van der Waals surface area (Å²) in [6, 6.07) is 0. The summed E-state index contributed by atoms with van der Waals surface area (Å²) in [5, 5.41) is 12.3. The molecule has 0 aliphatic heterocycles. The largest absolute Gasteiger partial charge is 0.389 e. The van der Waals surface area contributed by atoms with Gasteiger partial charge in [0, 0.05) is 13.0 Å². The van der Waals surface area contributed by atoms with Crippen LogP contribution in [-0.4, -0.2) is 23.2 Å². The molecule has 0 aromatic heterocycles. The predicted octanol–water partition coefficient (Wildman–Crippen LogP) is 1.70. The van der Waals surface area contributed by atoms with E-state index >= 15 is 0 Å². The predicted molar refractivity (Wildman–Crippen MR) is 62.9 cm³/mol. The van der Waals surface area contributed by atoms with Crippen molar-refractivity contribution in [2.45, 2.75) is 51.6 Å². The van der Waals surface area contributed by atoms with E-state index in [1.54, 1.807) is 13.8 Å². The summed E-state index contributed by atoms with van der Waals surface area (Å²) in [5.74, 6) is 2.43. The molecule has 2 aliphatic carbocycles. The highest BCUT2D eigenvalue weighted by atomic mass is 16.3. The Balaban J connectivity index is 1.72. The number of hydrogen-bond donors (Lipinski definition) is 2. The molecule has 0 saturated heterocycles. The highest BCUT2D eigenvalue weighted by molar-refractivity contribution is 5.76. The molecule has 3 heteroatoms. The summed E-state index contributed by atoms with van der Waals surface area (Å²) in [6.45, 7) is 3.78. The minimum absolute atomic E-state index is 0.111. The molecule has 0 heterocycles. The van der Waals surface area contributed by atoms with Crippen LogP contribution in [0.5, 0.6) is 0 Å². The van der Waals surface area contributed by atoms with E-state index in [-0.39, 0.29) is 5.91 Å². The van der Waals surface area contributed by atoms with Crippen LogP contribution in [0.3, 0.4) is 0 Å². The van der Waals surface area contributed by atoms with Crippen LogP contribution in [0.25, 0.3) is 0 Å². The molecule has 2 N–H and O–H groups in total. The smallest absolute Gasteiger partial charge is 0.220 e. The van der Waals surface area contributed by atoms with Crippen LogP contribution in [0.1, 0.15) is 46.0 Å². The fourth-order valence-corrected chi connectivity index (χ4v) is 3.25. The number of rotatable bonds is 4. The Kier molecular flexibility index (Phi) is 3.24. The van der Waals surface area contributed by atoms with E-state index in [4.69, 9.17) is 0 Å². The maximum atomic E-state index is 11.7. The van der Waals surface area contributed by atoms with Gasteiger partial charge in [0.1, 0.15) is 0 Å². The monoisotopic (exact) mass is 225 g/mol. The second-order valence-corrected chi connectivity index (χ2v) is 6.23. The SMILES string of the molecule is CC(C)(O)CNC(=O)CC1CC2CCC1C2. The van der Waals surface area contributed by atoms with Gasteiger partial charge in [-0.05, 0) is 50.9 Å². The van der Waals surface area contributed by atoms with E-state index in [1.165, 1.54) is 25.7 Å². The van der Waals surface area contributed by atoms with Crippen LogP contribution in [0.4, 0.5) is 0 Å². The first kappa shape index (κ1) is 11.9. The molecule has 2 bridgehead atoms. The van der Waals surface area contributed by atoms with E-state index in [0.29, 0.717) is 18.9 Å². The van der Waals surface area contributed by atoms with E-state index < -0.39 is 5.60 Å². The maximum Gasteiger partial charge on any atom is 0.220 e. The number of aliphatic hydroxyl groups is 1. The van der Waals surface area contributed by atoms with Gasteiger partial charge >= 0.3 is 0 Å². The quantitative estimate of drug-likeness (QED) is 0.765. The van der Waals surface area contributed by atoms with Crippen molar-refractivity contribution in [2.75, 3.05) is 6.54 Å². The van der Waals surface area contributed by atoms with Gasteiger partial charge in [-0.25, -0.2) is 0 Å². The van der Waals surface area contributed by atoms with Crippen molar-refractivity contribution in [1.82, 2.24) is 5.32 Å². The molecule has 3 nitrogen and oxygen atoms in total. The minimum atomic E-state index is -0.801. The summed E-state index contributed by atoms with van der Waals surface area (Å²) < 4.78 is 0. The van der Waals surface area contributed by atoms with Gasteiger partial charge in [0.05, 0.1) is 5.60 Å². The molecule has 0 radical (unpaired) electrons. The first-order chi connectivity index (χ1) is 7.44.